The van der Waals surface area contributed by atoms with E-state index in [4.69, 9.17) is 4.74 Å². The van der Waals surface area contributed by atoms with Crippen LogP contribution in [0.25, 0.3) is 0 Å². The minimum atomic E-state index is -0.542. The number of carbonyl (C=O) groups is 2. The summed E-state index contributed by atoms with van der Waals surface area (Å²) in [7, 11) is 0. The Bertz CT molecular complexity index is 1110. The average molecular weight is 388 g/mol. The molecule has 0 atom stereocenters. The van der Waals surface area contributed by atoms with Gasteiger partial charge in [0.1, 0.15) is 11.9 Å². The van der Waals surface area contributed by atoms with Crippen LogP contribution in [0.5, 0.6) is 11.6 Å². The number of nitrogens with zero attached hydrogens (tertiary/aromatic N) is 4. The van der Waals surface area contributed by atoms with E-state index in [0.717, 1.165) is 11.2 Å². The fourth-order valence-electron chi connectivity index (χ4n) is 2.69. The Kier molecular flexibility index (Phi) is 4.54. The fourth-order valence-corrected chi connectivity index (χ4v) is 2.69. The molecule has 3 aromatic rings. The molecule has 0 unspecified atom stereocenters. The van der Waals surface area contributed by atoms with E-state index in [2.05, 4.69) is 10.1 Å². The minimum Gasteiger partial charge on any atom is -0.439 e. The lowest BCUT2D eigenvalue weighted by Crippen LogP contribution is -2.23. The van der Waals surface area contributed by atoms with Gasteiger partial charge < -0.3 is 4.74 Å². The number of imide groups is 1. The van der Waals surface area contributed by atoms with Gasteiger partial charge in [-0.3, -0.25) is 19.7 Å². The molecule has 9 nitrogen and oxygen atoms in total. The van der Waals surface area contributed by atoms with E-state index in [1.807, 2.05) is 0 Å². The van der Waals surface area contributed by atoms with Gasteiger partial charge in [0, 0.05) is 12.1 Å². The first-order chi connectivity index (χ1) is 14.0. The molecular weight excluding hydrogens is 376 g/mol. The van der Waals surface area contributed by atoms with Gasteiger partial charge in [-0.25, -0.2) is 4.98 Å². The molecule has 0 saturated carbocycles. The normalized spacial score (nSPS) is 13.0. The van der Waals surface area contributed by atoms with Gasteiger partial charge in [-0.05, 0) is 42.0 Å². The van der Waals surface area contributed by atoms with Crippen LogP contribution >= 0.6 is 0 Å². The second-order valence-corrected chi connectivity index (χ2v) is 6.00. The summed E-state index contributed by atoms with van der Waals surface area (Å²) in [6.45, 7) is 0. The van der Waals surface area contributed by atoms with Crippen molar-refractivity contribution in [3.8, 4) is 11.6 Å². The highest BCUT2D eigenvalue weighted by molar-refractivity contribution is 6.21. The number of fused-ring (bicyclic) bond motifs is 1. The maximum Gasteiger partial charge on any atom is 0.287 e. The molecule has 0 radical (unpaired) electrons. The fraction of sp³-hybridized carbons (Fsp3) is 0. The first-order valence-electron chi connectivity index (χ1n) is 8.43. The number of hydrogen-bond donors (Lipinski definition) is 0. The summed E-state index contributed by atoms with van der Waals surface area (Å²) in [5.41, 5.74) is 1.17. The summed E-state index contributed by atoms with van der Waals surface area (Å²) in [5, 5.41) is 15.5. The van der Waals surface area contributed by atoms with E-state index in [0.29, 0.717) is 22.4 Å². The third-order valence-electron chi connectivity index (χ3n) is 4.13. The van der Waals surface area contributed by atoms with E-state index in [9.17, 15) is 19.7 Å². The van der Waals surface area contributed by atoms with Gasteiger partial charge in [0.15, 0.2) is 0 Å². The molecule has 1 aliphatic rings. The molecule has 29 heavy (non-hydrogen) atoms. The van der Waals surface area contributed by atoms with Crippen molar-refractivity contribution in [2.45, 2.75) is 0 Å². The second kappa shape index (κ2) is 7.31. The Morgan fingerprint density at radius 1 is 0.966 bits per heavy atom. The zero-order valence-corrected chi connectivity index (χ0v) is 14.8. The number of hydrogen-bond acceptors (Lipinski definition) is 7. The van der Waals surface area contributed by atoms with Crippen molar-refractivity contribution in [1.82, 2.24) is 9.99 Å². The van der Waals surface area contributed by atoms with E-state index in [1.165, 1.54) is 18.3 Å². The predicted molar refractivity (Wildman–Crippen MR) is 102 cm³/mol. The lowest BCUT2D eigenvalue weighted by atomic mass is 10.1. The number of aromatic nitrogens is 1. The van der Waals surface area contributed by atoms with E-state index in [-0.39, 0.29) is 11.6 Å². The number of ether oxygens (including phenoxy) is 1. The van der Waals surface area contributed by atoms with Gasteiger partial charge in [-0.1, -0.05) is 12.1 Å². The lowest BCUT2D eigenvalue weighted by molar-refractivity contribution is -0.385. The zero-order valence-electron chi connectivity index (χ0n) is 14.8. The van der Waals surface area contributed by atoms with Gasteiger partial charge in [0.2, 0.25) is 5.88 Å². The number of nitro groups is 1. The summed E-state index contributed by atoms with van der Waals surface area (Å²) < 4.78 is 5.53. The van der Waals surface area contributed by atoms with Gasteiger partial charge in [0.25, 0.3) is 17.5 Å². The van der Waals surface area contributed by atoms with Crippen molar-refractivity contribution in [3.63, 3.8) is 0 Å². The number of pyridine rings is 1. The van der Waals surface area contributed by atoms with Crippen molar-refractivity contribution >= 4 is 23.7 Å². The SMILES string of the molecule is O=C1c2ccccc2C(=O)N1/N=C/c1ccc(Oc2ccc([N+](=O)[O-])cn2)cc1. The van der Waals surface area contributed by atoms with Gasteiger partial charge in [0.05, 0.1) is 22.3 Å². The molecule has 1 aliphatic heterocycles. The maximum atomic E-state index is 12.3. The van der Waals surface area contributed by atoms with Crippen LogP contribution in [-0.4, -0.2) is 32.9 Å². The molecule has 2 heterocycles. The van der Waals surface area contributed by atoms with Crippen molar-refractivity contribution in [3.05, 3.63) is 93.7 Å². The zero-order chi connectivity index (χ0) is 20.4. The monoisotopic (exact) mass is 388 g/mol. The molecule has 0 fully saturated rings. The highest BCUT2D eigenvalue weighted by Crippen LogP contribution is 2.23. The summed E-state index contributed by atoms with van der Waals surface area (Å²) in [6, 6.07) is 15.9. The number of hydrazone groups is 1. The van der Waals surface area contributed by atoms with Crippen LogP contribution in [0.3, 0.4) is 0 Å². The molecule has 2 aromatic carbocycles. The average Bonchev–Trinajstić information content (AvgIpc) is 2.98. The molecule has 0 bridgehead atoms. The summed E-state index contributed by atoms with van der Waals surface area (Å²) >= 11 is 0. The van der Waals surface area contributed by atoms with Crippen LogP contribution in [0.4, 0.5) is 5.69 Å². The number of benzene rings is 2. The number of amides is 2. The summed E-state index contributed by atoms with van der Waals surface area (Å²) in [5.74, 6) is -0.260. The Labute approximate surface area is 164 Å². The third-order valence-corrected chi connectivity index (χ3v) is 4.13. The van der Waals surface area contributed by atoms with Crippen LogP contribution in [0.2, 0.25) is 0 Å². The Hall–Kier alpha value is -4.40. The Morgan fingerprint density at radius 2 is 1.62 bits per heavy atom. The molecule has 0 spiro atoms. The van der Waals surface area contributed by atoms with E-state index in [1.54, 1.807) is 48.5 Å². The predicted octanol–water partition coefficient (Wildman–Crippen LogP) is 3.41. The quantitative estimate of drug-likeness (QED) is 0.286. The van der Waals surface area contributed by atoms with Crippen molar-refractivity contribution in [2.24, 2.45) is 5.10 Å². The minimum absolute atomic E-state index is 0.128. The molecule has 0 aliphatic carbocycles. The van der Waals surface area contributed by atoms with Gasteiger partial charge in [-0.2, -0.15) is 10.1 Å². The Balaban J connectivity index is 1.44. The van der Waals surface area contributed by atoms with E-state index < -0.39 is 16.7 Å². The number of carbonyl (C=O) groups excluding carboxylic acids is 2. The molecule has 0 N–H and O–H groups in total. The smallest absolute Gasteiger partial charge is 0.287 e. The highest BCUT2D eigenvalue weighted by Gasteiger charge is 2.35. The van der Waals surface area contributed by atoms with Crippen LogP contribution in [0.15, 0.2) is 72.0 Å². The van der Waals surface area contributed by atoms with Gasteiger partial charge >= 0.3 is 0 Å². The molecule has 0 saturated heterocycles. The Morgan fingerprint density at radius 3 is 2.17 bits per heavy atom. The largest absolute Gasteiger partial charge is 0.439 e. The second-order valence-electron chi connectivity index (χ2n) is 6.00. The topological polar surface area (TPSA) is 115 Å². The molecule has 4 rings (SSSR count). The first-order valence-corrected chi connectivity index (χ1v) is 8.43. The van der Waals surface area contributed by atoms with Gasteiger partial charge in [-0.15, -0.1) is 0 Å². The van der Waals surface area contributed by atoms with Crippen molar-refractivity contribution in [2.75, 3.05) is 0 Å². The molecule has 2 amide bonds. The van der Waals surface area contributed by atoms with Crippen LogP contribution < -0.4 is 4.74 Å². The van der Waals surface area contributed by atoms with Crippen molar-refractivity contribution in [1.29, 1.82) is 0 Å². The van der Waals surface area contributed by atoms with Crippen LogP contribution in [-0.2, 0) is 0 Å². The molecular formula is C20H12N4O5. The standard InChI is InChI=1S/C20H12N4O5/c25-19-16-3-1-2-4-17(16)20(26)23(19)22-11-13-5-8-15(9-6-13)29-18-10-7-14(12-21-18)24(27)28/h1-12H/b22-11+. The van der Waals surface area contributed by atoms with Crippen LogP contribution in [0, 0.1) is 10.1 Å². The van der Waals surface area contributed by atoms with Crippen LogP contribution in [0.1, 0.15) is 26.3 Å². The number of rotatable bonds is 5. The summed E-state index contributed by atoms with van der Waals surface area (Å²) in [6.07, 6.45) is 2.51. The highest BCUT2D eigenvalue weighted by atomic mass is 16.6. The lowest BCUT2D eigenvalue weighted by Gasteiger charge is -2.06. The first kappa shape index (κ1) is 18.0. The third kappa shape index (κ3) is 3.56. The summed E-state index contributed by atoms with van der Waals surface area (Å²) in [4.78, 5) is 38.5. The molecule has 1 aromatic heterocycles. The van der Waals surface area contributed by atoms with Crippen molar-refractivity contribution < 1.29 is 19.2 Å². The van der Waals surface area contributed by atoms with E-state index >= 15 is 0 Å². The maximum absolute atomic E-state index is 12.3. The molecule has 142 valence electrons. The molecule has 9 heteroatoms.